The second kappa shape index (κ2) is 5.59. The number of hydrogen-bond acceptors (Lipinski definition) is 2. The molecule has 0 aliphatic carbocycles. The second-order valence-electron chi connectivity index (χ2n) is 3.21. The Morgan fingerprint density at radius 2 is 2.07 bits per heavy atom. The first-order valence-electron chi connectivity index (χ1n) is 4.58. The fourth-order valence-corrected chi connectivity index (χ4v) is 1.37. The van der Waals surface area contributed by atoms with E-state index in [9.17, 15) is 9.36 Å². The lowest BCUT2D eigenvalue weighted by atomic mass is 10.1. The van der Waals surface area contributed by atoms with E-state index in [4.69, 9.17) is 4.89 Å². The van der Waals surface area contributed by atoms with Gasteiger partial charge in [-0.15, -0.1) is 0 Å². The van der Waals surface area contributed by atoms with Crippen LogP contribution in [0.15, 0.2) is 30.3 Å². The van der Waals surface area contributed by atoms with Crippen LogP contribution in [0.2, 0.25) is 0 Å². The van der Waals surface area contributed by atoms with Crippen molar-refractivity contribution in [2.24, 2.45) is 0 Å². The first kappa shape index (κ1) is 11.8. The molecule has 0 fully saturated rings. The molecule has 2 N–H and O–H groups in total. The molecule has 0 spiro atoms. The molecule has 5 heteroatoms. The van der Waals surface area contributed by atoms with E-state index >= 15 is 0 Å². The van der Waals surface area contributed by atoms with Crippen molar-refractivity contribution in [3.8, 4) is 0 Å². The number of nitrogens with one attached hydrogen (secondary N) is 1. The molecule has 1 aromatic carbocycles. The predicted octanol–water partition coefficient (Wildman–Crippen LogP) is 1.43. The predicted molar refractivity (Wildman–Crippen MR) is 57.6 cm³/mol. The molecular weight excluding hydrogens is 213 g/mol. The Morgan fingerprint density at radius 3 is 2.60 bits per heavy atom. The molecule has 15 heavy (non-hydrogen) atoms. The number of amides is 1. The van der Waals surface area contributed by atoms with Crippen LogP contribution in [-0.2, 0) is 15.8 Å². The molecule has 0 aromatic heterocycles. The van der Waals surface area contributed by atoms with Crippen molar-refractivity contribution in [3.05, 3.63) is 35.9 Å². The van der Waals surface area contributed by atoms with Gasteiger partial charge in [-0.25, -0.2) is 0 Å². The van der Waals surface area contributed by atoms with E-state index in [2.05, 4.69) is 5.32 Å². The Hall–Kier alpha value is -1.25. The maximum Gasteiger partial charge on any atom is 0.530 e. The van der Waals surface area contributed by atoms with Crippen molar-refractivity contribution < 1.29 is 14.3 Å². The molecule has 0 aliphatic rings. The van der Waals surface area contributed by atoms with Crippen molar-refractivity contribution in [2.45, 2.75) is 19.1 Å². The maximum absolute atomic E-state index is 11.4. The average Bonchev–Trinajstić information content (AvgIpc) is 2.18. The minimum Gasteiger partial charge on any atom is -0.310 e. The van der Waals surface area contributed by atoms with Crippen LogP contribution in [0.5, 0.6) is 0 Å². The number of rotatable bonds is 4. The van der Waals surface area contributed by atoms with Gasteiger partial charge in [-0.3, -0.25) is 4.79 Å². The van der Waals surface area contributed by atoms with Crippen molar-refractivity contribution in [3.63, 3.8) is 0 Å². The zero-order valence-electron chi connectivity index (χ0n) is 8.38. The third-order valence-corrected chi connectivity index (χ3v) is 2.70. The van der Waals surface area contributed by atoms with E-state index in [1.54, 1.807) is 0 Å². The van der Waals surface area contributed by atoms with E-state index in [1.807, 2.05) is 30.3 Å². The molecule has 0 heterocycles. The Kier molecular flexibility index (Phi) is 4.40. The second-order valence-corrected chi connectivity index (χ2v) is 4.59. The van der Waals surface area contributed by atoms with Crippen LogP contribution in [0, 0.1) is 0 Å². The summed E-state index contributed by atoms with van der Waals surface area (Å²) in [6.45, 7) is 1.50. The zero-order chi connectivity index (χ0) is 11.3. The summed E-state index contributed by atoms with van der Waals surface area (Å²) in [5, 5.41) is 2.46. The van der Waals surface area contributed by atoms with Gasteiger partial charge in [-0.1, -0.05) is 30.3 Å². The SMILES string of the molecule is C[C@@H](NC(=O)Cc1ccccc1)[P+](=O)O. The molecular formula is C10H13NO3P+. The van der Waals surface area contributed by atoms with Crippen LogP contribution in [-0.4, -0.2) is 16.6 Å². The largest absolute Gasteiger partial charge is 0.530 e. The average molecular weight is 226 g/mol. The standard InChI is InChI=1S/C10H12NO3P/c1-8(15(13)14)11-10(12)7-9-5-3-2-4-6-9/h2-6,8H,7H2,1H3,(H-,11,12,13,14)/p+1/t8-/m0/s1. The summed E-state index contributed by atoms with van der Waals surface area (Å²) < 4.78 is 10.6. The Labute approximate surface area is 89.2 Å². The van der Waals surface area contributed by atoms with Gasteiger partial charge in [0, 0.05) is 6.92 Å². The van der Waals surface area contributed by atoms with Gasteiger partial charge < -0.3 is 5.32 Å². The minimum atomic E-state index is -2.35. The van der Waals surface area contributed by atoms with Crippen LogP contribution in [0.25, 0.3) is 0 Å². The van der Waals surface area contributed by atoms with Gasteiger partial charge in [0.15, 0.2) is 0 Å². The smallest absolute Gasteiger partial charge is 0.310 e. The number of benzene rings is 1. The van der Waals surface area contributed by atoms with Gasteiger partial charge >= 0.3 is 8.03 Å². The summed E-state index contributed by atoms with van der Waals surface area (Å²) in [7, 11) is -2.35. The van der Waals surface area contributed by atoms with Crippen LogP contribution in [0.3, 0.4) is 0 Å². The highest BCUT2D eigenvalue weighted by molar-refractivity contribution is 7.38. The molecule has 0 aliphatic heterocycles. The maximum atomic E-state index is 11.4. The molecule has 1 unspecified atom stereocenters. The van der Waals surface area contributed by atoms with Gasteiger partial charge in [0.25, 0.3) is 5.78 Å². The van der Waals surface area contributed by atoms with Gasteiger partial charge in [0.1, 0.15) is 0 Å². The monoisotopic (exact) mass is 226 g/mol. The summed E-state index contributed by atoms with van der Waals surface area (Å²) in [5.41, 5.74) is 0.885. The molecule has 0 bridgehead atoms. The molecule has 1 rings (SSSR count). The van der Waals surface area contributed by atoms with E-state index in [0.29, 0.717) is 0 Å². The Morgan fingerprint density at radius 1 is 1.47 bits per heavy atom. The highest BCUT2D eigenvalue weighted by atomic mass is 31.1. The number of carbonyl (C=O) groups excluding carboxylic acids is 1. The van der Waals surface area contributed by atoms with Gasteiger partial charge in [0.2, 0.25) is 5.91 Å². The van der Waals surface area contributed by atoms with E-state index < -0.39 is 13.8 Å². The van der Waals surface area contributed by atoms with Crippen molar-refractivity contribution in [1.82, 2.24) is 5.32 Å². The molecule has 0 radical (unpaired) electrons. The van der Waals surface area contributed by atoms with Crippen LogP contribution < -0.4 is 5.32 Å². The Balaban J connectivity index is 2.47. The van der Waals surface area contributed by atoms with Gasteiger partial charge in [0.05, 0.1) is 6.42 Å². The summed E-state index contributed by atoms with van der Waals surface area (Å²) in [4.78, 5) is 20.1. The first-order chi connectivity index (χ1) is 7.09. The fourth-order valence-electron chi connectivity index (χ4n) is 1.12. The third kappa shape index (κ3) is 4.19. The van der Waals surface area contributed by atoms with Gasteiger partial charge in [-0.2, -0.15) is 4.89 Å². The van der Waals surface area contributed by atoms with E-state index in [1.165, 1.54) is 6.92 Å². The van der Waals surface area contributed by atoms with Crippen LogP contribution >= 0.6 is 8.03 Å². The summed E-state index contributed by atoms with van der Waals surface area (Å²) in [6, 6.07) is 9.23. The molecule has 2 atom stereocenters. The molecule has 0 saturated heterocycles. The summed E-state index contributed by atoms with van der Waals surface area (Å²) >= 11 is 0. The zero-order valence-corrected chi connectivity index (χ0v) is 9.28. The topological polar surface area (TPSA) is 66.4 Å². The number of hydrogen-bond donors (Lipinski definition) is 2. The lowest BCUT2D eigenvalue weighted by molar-refractivity contribution is -0.120. The van der Waals surface area contributed by atoms with Crippen LogP contribution in [0.1, 0.15) is 12.5 Å². The first-order valence-corrected chi connectivity index (χ1v) is 5.86. The lowest BCUT2D eigenvalue weighted by Gasteiger charge is -2.03. The summed E-state index contributed by atoms with van der Waals surface area (Å²) in [5.74, 6) is -0.942. The minimum absolute atomic E-state index is 0.231. The molecule has 80 valence electrons. The molecule has 0 saturated carbocycles. The molecule has 1 amide bonds. The highest BCUT2D eigenvalue weighted by Crippen LogP contribution is 2.18. The quantitative estimate of drug-likeness (QED) is 0.763. The highest BCUT2D eigenvalue weighted by Gasteiger charge is 2.24. The molecule has 4 nitrogen and oxygen atoms in total. The van der Waals surface area contributed by atoms with Crippen LogP contribution in [0.4, 0.5) is 0 Å². The summed E-state index contributed by atoms with van der Waals surface area (Å²) in [6.07, 6.45) is 0.231. The van der Waals surface area contributed by atoms with Crippen molar-refractivity contribution in [2.75, 3.05) is 0 Å². The molecule has 1 aromatic rings. The lowest BCUT2D eigenvalue weighted by Crippen LogP contribution is -2.31. The van der Waals surface area contributed by atoms with E-state index in [-0.39, 0.29) is 12.3 Å². The number of carbonyl (C=O) groups is 1. The van der Waals surface area contributed by atoms with Crippen molar-refractivity contribution >= 4 is 13.9 Å². The van der Waals surface area contributed by atoms with E-state index in [0.717, 1.165) is 5.56 Å². The Bertz CT molecular complexity index is 353. The van der Waals surface area contributed by atoms with Gasteiger partial charge in [-0.05, 0) is 10.1 Å². The fraction of sp³-hybridized carbons (Fsp3) is 0.300. The van der Waals surface area contributed by atoms with Crippen molar-refractivity contribution in [1.29, 1.82) is 0 Å². The normalized spacial score (nSPS) is 13.1. The third-order valence-electron chi connectivity index (χ3n) is 1.91.